The summed E-state index contributed by atoms with van der Waals surface area (Å²) in [4.78, 5) is 29.6. The minimum absolute atomic E-state index is 0.0811. The first-order valence-corrected chi connectivity index (χ1v) is 12.3. The van der Waals surface area contributed by atoms with Gasteiger partial charge in [0.25, 0.3) is 5.91 Å². The lowest BCUT2D eigenvalue weighted by molar-refractivity contribution is -0.128. The first kappa shape index (κ1) is 24.5. The first-order valence-electron chi connectivity index (χ1n) is 12.3. The number of likely N-dealkylation sites (tertiary alicyclic amines) is 1. The number of hydrogen-bond donors (Lipinski definition) is 2. The number of carbonyl (C=O) groups excluding carboxylic acids is 2. The Kier molecular flexibility index (Phi) is 8.19. The van der Waals surface area contributed by atoms with Crippen LogP contribution in [-0.4, -0.2) is 47.9 Å². The van der Waals surface area contributed by atoms with Crippen molar-refractivity contribution < 1.29 is 14.0 Å². The lowest BCUT2D eigenvalue weighted by Gasteiger charge is -2.34. The molecule has 2 aromatic carbocycles. The highest BCUT2D eigenvalue weighted by molar-refractivity contribution is 5.98. The van der Waals surface area contributed by atoms with E-state index in [-0.39, 0.29) is 17.8 Å². The van der Waals surface area contributed by atoms with Crippen LogP contribution in [0.1, 0.15) is 43.2 Å². The van der Waals surface area contributed by atoms with Crippen LogP contribution in [0.5, 0.6) is 0 Å². The molecular formula is C28H33FN4O2. The van der Waals surface area contributed by atoms with Gasteiger partial charge in [-0.25, -0.2) is 9.18 Å². The van der Waals surface area contributed by atoms with Gasteiger partial charge >= 0.3 is 6.03 Å². The molecule has 4 rings (SSSR count). The molecule has 0 saturated carbocycles. The number of amides is 3. The van der Waals surface area contributed by atoms with Crippen molar-refractivity contribution in [1.82, 2.24) is 20.4 Å². The van der Waals surface area contributed by atoms with Crippen molar-refractivity contribution in [3.05, 3.63) is 95.1 Å². The molecule has 7 heteroatoms. The van der Waals surface area contributed by atoms with E-state index in [0.717, 1.165) is 36.1 Å². The summed E-state index contributed by atoms with van der Waals surface area (Å²) < 4.78 is 13.3. The highest BCUT2D eigenvalue weighted by Gasteiger charge is 2.29. The molecule has 2 N–H and O–H groups in total. The summed E-state index contributed by atoms with van der Waals surface area (Å²) in [5, 5.41) is 6.28. The average Bonchev–Trinajstić information content (AvgIpc) is 2.91. The topological polar surface area (TPSA) is 64.7 Å². The summed E-state index contributed by atoms with van der Waals surface area (Å²) in [7, 11) is 0. The number of carbonyl (C=O) groups is 2. The van der Waals surface area contributed by atoms with Gasteiger partial charge in [-0.05, 0) is 54.5 Å². The zero-order chi connectivity index (χ0) is 24.6. The summed E-state index contributed by atoms with van der Waals surface area (Å²) in [6.07, 6.45) is 6.07. The third-order valence-corrected chi connectivity index (χ3v) is 6.53. The molecule has 3 amide bonds. The van der Waals surface area contributed by atoms with Gasteiger partial charge in [-0.3, -0.25) is 9.69 Å². The van der Waals surface area contributed by atoms with Crippen LogP contribution in [0.15, 0.2) is 78.1 Å². The molecule has 0 aliphatic carbocycles. The lowest BCUT2D eigenvalue weighted by Crippen LogP contribution is -2.43. The minimum Gasteiger partial charge on any atom is -0.380 e. The monoisotopic (exact) mass is 476 g/mol. The van der Waals surface area contributed by atoms with Crippen LogP contribution in [0.25, 0.3) is 0 Å². The van der Waals surface area contributed by atoms with Gasteiger partial charge < -0.3 is 15.5 Å². The number of urea groups is 1. The van der Waals surface area contributed by atoms with Gasteiger partial charge in [-0.1, -0.05) is 49.4 Å². The van der Waals surface area contributed by atoms with E-state index in [2.05, 4.69) is 10.6 Å². The first-order chi connectivity index (χ1) is 17.0. The van der Waals surface area contributed by atoms with Crippen LogP contribution in [0.3, 0.4) is 0 Å². The number of hydrogen-bond acceptors (Lipinski definition) is 3. The van der Waals surface area contributed by atoms with Gasteiger partial charge in [0.1, 0.15) is 5.82 Å². The normalized spacial score (nSPS) is 16.4. The van der Waals surface area contributed by atoms with E-state index in [1.165, 1.54) is 12.1 Å². The van der Waals surface area contributed by atoms with Crippen LogP contribution in [0.4, 0.5) is 9.18 Å². The van der Waals surface area contributed by atoms with Gasteiger partial charge in [0.2, 0.25) is 0 Å². The Morgan fingerprint density at radius 2 is 1.74 bits per heavy atom. The molecule has 0 bridgehead atoms. The van der Waals surface area contributed by atoms with Crippen LogP contribution in [-0.2, 0) is 11.3 Å². The fraction of sp³-hybridized carbons (Fsp3) is 0.357. The highest BCUT2D eigenvalue weighted by atomic mass is 19.1. The summed E-state index contributed by atoms with van der Waals surface area (Å²) in [6, 6.07) is 16.5. The van der Waals surface area contributed by atoms with E-state index in [1.807, 2.05) is 60.4 Å². The maximum absolute atomic E-state index is 13.6. The zero-order valence-corrected chi connectivity index (χ0v) is 20.2. The largest absolute Gasteiger partial charge is 0.380 e. The van der Waals surface area contributed by atoms with Crippen molar-refractivity contribution in [1.29, 1.82) is 0 Å². The second kappa shape index (κ2) is 11.7. The van der Waals surface area contributed by atoms with Crippen LogP contribution in [0.2, 0.25) is 0 Å². The predicted octanol–water partition coefficient (Wildman–Crippen LogP) is 4.52. The third kappa shape index (κ3) is 6.29. The second-order valence-electron chi connectivity index (χ2n) is 9.00. The Morgan fingerprint density at radius 1 is 1.03 bits per heavy atom. The Bertz CT molecular complexity index is 1070. The molecule has 184 valence electrons. The summed E-state index contributed by atoms with van der Waals surface area (Å²) in [6.45, 7) is 4.81. The molecule has 2 aliphatic heterocycles. The molecule has 0 radical (unpaired) electrons. The van der Waals surface area contributed by atoms with Gasteiger partial charge in [-0.2, -0.15) is 0 Å². The highest BCUT2D eigenvalue weighted by Crippen LogP contribution is 2.29. The maximum atomic E-state index is 13.6. The molecule has 0 aromatic heterocycles. The van der Waals surface area contributed by atoms with Crippen molar-refractivity contribution >= 4 is 11.9 Å². The van der Waals surface area contributed by atoms with Crippen molar-refractivity contribution in [2.75, 3.05) is 26.2 Å². The number of halogens is 1. The van der Waals surface area contributed by atoms with Crippen molar-refractivity contribution in [2.24, 2.45) is 0 Å². The van der Waals surface area contributed by atoms with E-state index in [9.17, 15) is 14.0 Å². The minimum atomic E-state index is -0.236. The zero-order valence-electron chi connectivity index (χ0n) is 20.2. The fourth-order valence-electron chi connectivity index (χ4n) is 4.50. The molecule has 1 saturated heterocycles. The summed E-state index contributed by atoms with van der Waals surface area (Å²) >= 11 is 0. The SMILES string of the molecule is CCCNC(=O)N1C=C(C(=O)N2CCC(c3ccc(F)cc3)CC2)C(NCc2ccccc2)=CC1. The van der Waals surface area contributed by atoms with E-state index in [4.69, 9.17) is 0 Å². The number of rotatable bonds is 7. The number of benzene rings is 2. The molecule has 35 heavy (non-hydrogen) atoms. The third-order valence-electron chi connectivity index (χ3n) is 6.53. The molecule has 0 atom stereocenters. The predicted molar refractivity (Wildman–Crippen MR) is 135 cm³/mol. The summed E-state index contributed by atoms with van der Waals surface area (Å²) in [5.74, 6) is -0.00895. The van der Waals surface area contributed by atoms with Crippen LogP contribution < -0.4 is 10.6 Å². The van der Waals surface area contributed by atoms with Gasteiger partial charge in [0.15, 0.2) is 0 Å². The molecule has 2 heterocycles. The van der Waals surface area contributed by atoms with E-state index >= 15 is 0 Å². The van der Waals surface area contributed by atoms with Gasteiger partial charge in [0, 0.05) is 44.6 Å². The maximum Gasteiger partial charge on any atom is 0.321 e. The molecule has 0 spiro atoms. The Hall–Kier alpha value is -3.61. The van der Waals surface area contributed by atoms with Gasteiger partial charge in [-0.15, -0.1) is 0 Å². The number of nitrogens with one attached hydrogen (secondary N) is 2. The Morgan fingerprint density at radius 3 is 2.43 bits per heavy atom. The van der Waals surface area contributed by atoms with Crippen LogP contribution in [0, 0.1) is 5.82 Å². The standard InChI is InChI=1S/C28H33FN4O2/c1-2-15-30-28(35)33-18-14-26(31-19-21-6-4-3-5-7-21)25(20-33)27(34)32-16-12-23(13-17-32)22-8-10-24(29)11-9-22/h3-11,14,20,23,31H,2,12-13,15-19H2,1H3,(H,30,35). The number of piperidine rings is 1. The van der Waals surface area contributed by atoms with E-state index < -0.39 is 0 Å². The van der Waals surface area contributed by atoms with E-state index in [0.29, 0.717) is 44.2 Å². The number of nitrogens with zero attached hydrogens (tertiary/aromatic N) is 2. The molecule has 1 fully saturated rings. The van der Waals surface area contributed by atoms with Crippen molar-refractivity contribution in [3.63, 3.8) is 0 Å². The quantitative estimate of drug-likeness (QED) is 0.617. The molecule has 2 aliphatic rings. The Labute approximate surface area is 206 Å². The van der Waals surface area contributed by atoms with Crippen LogP contribution >= 0.6 is 0 Å². The van der Waals surface area contributed by atoms with E-state index in [1.54, 1.807) is 11.1 Å². The summed E-state index contributed by atoms with van der Waals surface area (Å²) in [5.41, 5.74) is 3.47. The lowest BCUT2D eigenvalue weighted by atomic mass is 9.89. The Balaban J connectivity index is 1.46. The second-order valence-corrected chi connectivity index (χ2v) is 9.00. The molecule has 2 aromatic rings. The average molecular weight is 477 g/mol. The van der Waals surface area contributed by atoms with Gasteiger partial charge in [0.05, 0.1) is 5.57 Å². The van der Waals surface area contributed by atoms with Crippen molar-refractivity contribution in [3.8, 4) is 0 Å². The molecule has 0 unspecified atom stereocenters. The fourth-order valence-corrected chi connectivity index (χ4v) is 4.50. The molecular weight excluding hydrogens is 443 g/mol. The molecule has 6 nitrogen and oxygen atoms in total. The smallest absolute Gasteiger partial charge is 0.321 e. The van der Waals surface area contributed by atoms with Crippen molar-refractivity contribution in [2.45, 2.75) is 38.6 Å².